The van der Waals surface area contributed by atoms with E-state index >= 15 is 4.39 Å². The van der Waals surface area contributed by atoms with E-state index < -0.39 is 157 Å². The highest BCUT2D eigenvalue weighted by Gasteiger charge is 2.39. The molecule has 0 unspecified atom stereocenters. The summed E-state index contributed by atoms with van der Waals surface area (Å²) < 4.78 is 196. The quantitative estimate of drug-likeness (QED) is 0.606. The molecule has 0 radical (unpaired) electrons. The number of hydrogen-bond acceptors (Lipinski definition) is 6. The minimum absolute atomic E-state index is 0.00895. The smallest absolute Gasteiger partial charge is 0.255 e. The Balaban J connectivity index is 1.69. The van der Waals surface area contributed by atoms with Gasteiger partial charge in [0.15, 0.2) is 0 Å². The minimum atomic E-state index is -4.09. The van der Waals surface area contributed by atoms with Crippen molar-refractivity contribution >= 4 is 23.4 Å². The second-order valence-electron chi connectivity index (χ2n) is 6.74. The van der Waals surface area contributed by atoms with Crippen molar-refractivity contribution in [2.45, 2.75) is 38.4 Å². The molecule has 2 N–H and O–H groups in total. The number of nitrogens with one attached hydrogen (secondary N) is 2. The lowest BCUT2D eigenvalue weighted by Gasteiger charge is -2.29. The van der Waals surface area contributed by atoms with Crippen LogP contribution in [0.25, 0.3) is 0 Å². The molecule has 0 aliphatic carbocycles. The number of morpholine rings is 1. The molecule has 2 fully saturated rings. The van der Waals surface area contributed by atoms with E-state index in [4.69, 9.17) is 28.8 Å². The van der Waals surface area contributed by atoms with Gasteiger partial charge in [-0.2, -0.15) is 0 Å². The van der Waals surface area contributed by atoms with Crippen LogP contribution in [-0.4, -0.2) is 59.7 Å². The van der Waals surface area contributed by atoms with Crippen LogP contribution in [0.15, 0.2) is 36.3 Å². The van der Waals surface area contributed by atoms with Gasteiger partial charge in [-0.25, -0.2) is 4.39 Å². The van der Waals surface area contributed by atoms with Gasteiger partial charge in [0.2, 0.25) is 11.8 Å². The molecule has 0 saturated carbocycles. The van der Waals surface area contributed by atoms with Crippen LogP contribution in [0.1, 0.15) is 68.7 Å². The van der Waals surface area contributed by atoms with E-state index in [1.165, 1.54) is 0 Å². The summed E-state index contributed by atoms with van der Waals surface area (Å²) in [6.45, 7) is -26.9. The zero-order valence-electron chi connectivity index (χ0n) is 37.8. The molecule has 0 spiro atoms. The Morgan fingerprint density at radius 1 is 1.26 bits per heavy atom. The van der Waals surface area contributed by atoms with Crippen molar-refractivity contribution in [1.29, 1.82) is 0 Å². The summed E-state index contributed by atoms with van der Waals surface area (Å²) in [6.07, 6.45) is -1.31. The zero-order valence-corrected chi connectivity index (χ0v) is 16.8. The number of nitrogens with zero attached hydrogens (tertiary/aromatic N) is 2. The third-order valence-corrected chi connectivity index (χ3v) is 4.61. The summed E-state index contributed by atoms with van der Waals surface area (Å²) in [7, 11) is 0. The number of fused-ring (bicyclic) bond motifs is 1. The molecule has 3 aliphatic rings. The molecule has 3 aliphatic heterocycles. The third-order valence-electron chi connectivity index (χ3n) is 4.61. The van der Waals surface area contributed by atoms with Gasteiger partial charge in [0.1, 0.15) is 11.8 Å². The molecule has 1 atom stereocenters. The summed E-state index contributed by atoms with van der Waals surface area (Å²) in [5, 5.41) is 3.63. The number of piperidine rings is 1. The number of imide groups is 1. The topological polar surface area (TPSA) is 91.0 Å². The van der Waals surface area contributed by atoms with Gasteiger partial charge in [-0.15, -0.1) is 0 Å². The first kappa shape index (κ1) is 8.73. The SMILES string of the molecule is [2H]c1c([2H])c(NC([2H])([2H])c2c([2H])c([2H])c(C([2H])([2H])N3C([2H])([2H])C([2H])([2H])OC([2H])([2H])C3([2H])[2H])c([2H])c2F)c2c(c1[2H])C(=O)N([C@@]1([2H])CCC(=O)NC1=O)C2([2H])[2H]. The molecular weight excluding hydrogens is 439 g/mol. The lowest BCUT2D eigenvalue weighted by Crippen LogP contribution is -2.52. The van der Waals surface area contributed by atoms with Gasteiger partial charge in [-0.1, -0.05) is 18.1 Å². The lowest BCUT2D eigenvalue weighted by molar-refractivity contribution is -0.136. The first-order valence-corrected chi connectivity index (χ1v) is 9.51. The predicted octanol–water partition coefficient (Wildman–Crippen LogP) is 2.03. The van der Waals surface area contributed by atoms with E-state index in [1.807, 2.05) is 5.32 Å². The van der Waals surface area contributed by atoms with E-state index in [2.05, 4.69) is 4.74 Å². The summed E-state index contributed by atoms with van der Waals surface area (Å²) in [5.41, 5.74) is -6.69. The van der Waals surface area contributed by atoms with Gasteiger partial charge in [0, 0.05) is 69.5 Å². The highest BCUT2D eigenvalue weighted by atomic mass is 19.1. The highest BCUT2D eigenvalue weighted by molar-refractivity contribution is 6.06. The molecule has 178 valence electrons. The molecule has 2 aromatic rings. The van der Waals surface area contributed by atoms with Crippen molar-refractivity contribution in [1.82, 2.24) is 15.1 Å². The first-order valence-electron chi connectivity index (χ1n) is 20.0. The van der Waals surface area contributed by atoms with Gasteiger partial charge in [-0.05, 0) is 30.1 Å². The van der Waals surface area contributed by atoms with Gasteiger partial charge in [0.05, 0.1) is 33.7 Å². The second kappa shape index (κ2) is 9.52. The molecular formula is C25H27FN4O4. The van der Waals surface area contributed by atoms with E-state index in [-0.39, 0.29) is 4.90 Å². The Bertz CT molecular complexity index is 2030. The fraction of sp³-hybridized carbons (Fsp3) is 0.400. The summed E-state index contributed by atoms with van der Waals surface area (Å²) in [5.74, 6) is -6.10. The molecule has 2 aromatic carbocycles. The molecule has 2 saturated heterocycles. The predicted molar refractivity (Wildman–Crippen MR) is 122 cm³/mol. The molecule has 3 amide bonds. The van der Waals surface area contributed by atoms with Gasteiger partial charge >= 0.3 is 0 Å². The molecule has 8 nitrogen and oxygen atoms in total. The number of amides is 3. The maximum atomic E-state index is 16.3. The van der Waals surface area contributed by atoms with Crippen LogP contribution in [0.3, 0.4) is 0 Å². The van der Waals surface area contributed by atoms with Gasteiger partial charge in [-0.3, -0.25) is 24.6 Å². The van der Waals surface area contributed by atoms with E-state index in [0.717, 1.165) is 0 Å². The molecule has 34 heavy (non-hydrogen) atoms. The van der Waals surface area contributed by atoms with Gasteiger partial charge in [0.25, 0.3) is 5.91 Å². The van der Waals surface area contributed by atoms with Crippen LogP contribution < -0.4 is 10.6 Å². The van der Waals surface area contributed by atoms with E-state index in [0.29, 0.717) is 0 Å². The largest absolute Gasteiger partial charge is 0.381 e. The van der Waals surface area contributed by atoms with Crippen LogP contribution in [0.2, 0.25) is 0 Å². The Morgan fingerprint density at radius 2 is 2.09 bits per heavy atom. The number of hydrogen-bond donors (Lipinski definition) is 2. The first-order chi connectivity index (χ1) is 24.6. The number of ether oxygens (including phenoxy) is 1. The summed E-state index contributed by atoms with van der Waals surface area (Å²) in [6, 6.07) is -11.5. The Morgan fingerprint density at radius 3 is 2.88 bits per heavy atom. The Kier molecular flexibility index (Phi) is 2.44. The standard InChI is InChI=1S/C25H27FN4O4/c26-20-12-16(14-29-8-10-34-11-9-29)4-5-17(20)13-27-21-3-1-2-18-19(21)15-30(25(18)33)22-6-7-23(31)28-24(22)32/h1-5,12,22,27H,6-11,13-15H2,(H,28,31,32)/t22-/m0/s1/i1D,2D,3D,4D,5D,8D2,9D2,10D2,11D2,12D,13D2,14D2,15D2,22D. The average Bonchev–Trinajstić information content (AvgIpc) is 3.22. The minimum Gasteiger partial charge on any atom is -0.381 e. The lowest BCUT2D eigenvalue weighted by atomic mass is 10.0. The normalized spacial score (nSPS) is 40.3. The number of carbonyl (C=O) groups is 3. The van der Waals surface area contributed by atoms with Crippen LogP contribution in [0, 0.1) is 5.82 Å². The van der Waals surface area contributed by atoms with Crippen LogP contribution >= 0.6 is 0 Å². The molecule has 3 heterocycles. The maximum Gasteiger partial charge on any atom is 0.255 e. The van der Waals surface area contributed by atoms with Crippen LogP contribution in [0.4, 0.5) is 10.1 Å². The van der Waals surface area contributed by atoms with Crippen molar-refractivity contribution in [2.75, 3.05) is 31.4 Å². The Hall–Kier alpha value is -3.30. The number of anilines is 1. The number of carbonyl (C=O) groups excluding carboxylic acids is 3. The summed E-state index contributed by atoms with van der Waals surface area (Å²) in [4.78, 5) is 37.5. The fourth-order valence-corrected chi connectivity index (χ4v) is 3.07. The average molecular weight is 488 g/mol. The second-order valence-corrected chi connectivity index (χ2v) is 6.74. The summed E-state index contributed by atoms with van der Waals surface area (Å²) >= 11 is 0. The molecule has 0 bridgehead atoms. The third kappa shape index (κ3) is 4.53. The Labute approximate surface area is 226 Å². The molecule has 9 heteroatoms. The number of benzene rings is 2. The van der Waals surface area contributed by atoms with Crippen molar-refractivity contribution in [3.63, 3.8) is 0 Å². The number of halogens is 1. The van der Waals surface area contributed by atoms with Gasteiger partial charge < -0.3 is 15.0 Å². The van der Waals surface area contributed by atoms with E-state index in [1.54, 1.807) is 5.32 Å². The monoisotopic (exact) mass is 487 g/mol. The fourth-order valence-electron chi connectivity index (χ4n) is 3.07. The van der Waals surface area contributed by atoms with Crippen molar-refractivity contribution in [2.24, 2.45) is 0 Å². The van der Waals surface area contributed by atoms with Crippen LogP contribution in [0.5, 0.6) is 0 Å². The molecule has 0 aromatic heterocycles. The van der Waals surface area contributed by atoms with Crippen molar-refractivity contribution in [3.05, 3.63) is 64.3 Å². The van der Waals surface area contributed by atoms with Crippen molar-refractivity contribution in [3.8, 4) is 0 Å². The highest BCUT2D eigenvalue weighted by Crippen LogP contribution is 2.32. The van der Waals surface area contributed by atoms with Crippen molar-refractivity contribution < 1.29 is 52.3 Å². The number of rotatable bonds is 6. The maximum absolute atomic E-state index is 16.3. The van der Waals surface area contributed by atoms with Crippen LogP contribution in [-0.2, 0) is 33.8 Å². The molecule has 5 rings (SSSR count). The van der Waals surface area contributed by atoms with E-state index in [9.17, 15) is 14.4 Å². The zero-order chi connectivity index (χ0) is 42.4.